The van der Waals surface area contributed by atoms with E-state index in [1.54, 1.807) is 19.1 Å². The Bertz CT molecular complexity index is 917. The monoisotopic (exact) mass is 506 g/mol. The van der Waals surface area contributed by atoms with E-state index >= 15 is 0 Å². The summed E-state index contributed by atoms with van der Waals surface area (Å²) in [4.78, 5) is 15.6. The number of nitrogens with zero attached hydrogens (tertiary/aromatic N) is 2. The Hall–Kier alpha value is -3.38. The molecule has 9 heteroatoms. The van der Waals surface area contributed by atoms with Gasteiger partial charge in [0, 0.05) is 42.7 Å². The molecule has 7 nitrogen and oxygen atoms in total. The van der Waals surface area contributed by atoms with Crippen molar-refractivity contribution in [2.45, 2.75) is 73.7 Å². The number of carbonyl (C=O) groups is 1. The average Bonchev–Trinajstić information content (AvgIpc) is 3.19. The number of aromatic nitrogens is 2. The second-order valence-electron chi connectivity index (χ2n) is 7.83. The van der Waals surface area contributed by atoms with Crippen molar-refractivity contribution in [1.29, 1.82) is 10.8 Å². The summed E-state index contributed by atoms with van der Waals surface area (Å²) in [5.41, 5.74) is 14.9. The minimum atomic E-state index is -2.17. The predicted octanol–water partition coefficient (Wildman–Crippen LogP) is 5.76. The molecule has 202 valence electrons. The van der Waals surface area contributed by atoms with E-state index in [9.17, 15) is 13.6 Å². The number of amides is 1. The first kappa shape index (κ1) is 37.2. The average molecular weight is 507 g/mol. The van der Waals surface area contributed by atoms with Crippen molar-refractivity contribution in [1.82, 2.24) is 9.55 Å². The highest BCUT2D eigenvalue weighted by atomic mass is 19.3. The molecule has 0 bridgehead atoms. The first-order valence-corrected chi connectivity index (χ1v) is 11.6. The van der Waals surface area contributed by atoms with E-state index in [1.807, 2.05) is 38.6 Å². The zero-order valence-corrected chi connectivity index (χ0v) is 22.8. The molecule has 6 N–H and O–H groups in total. The van der Waals surface area contributed by atoms with Crippen LogP contribution in [0, 0.1) is 23.7 Å². The minimum Gasteiger partial charge on any atom is -0.369 e. The van der Waals surface area contributed by atoms with Crippen LogP contribution in [-0.4, -0.2) is 40.4 Å². The van der Waals surface area contributed by atoms with Crippen molar-refractivity contribution in [3.63, 3.8) is 0 Å². The lowest BCUT2D eigenvalue weighted by molar-refractivity contribution is -0.117. The van der Waals surface area contributed by atoms with Gasteiger partial charge < -0.3 is 26.9 Å². The quantitative estimate of drug-likeness (QED) is 0.139. The Labute approximate surface area is 215 Å². The van der Waals surface area contributed by atoms with Gasteiger partial charge in [0.05, 0.1) is 5.69 Å². The second kappa shape index (κ2) is 22.1. The highest BCUT2D eigenvalue weighted by Gasteiger charge is 2.13. The van der Waals surface area contributed by atoms with E-state index in [0.29, 0.717) is 11.3 Å². The number of terminal acetylenes is 1. The largest absolute Gasteiger partial charge is 0.369 e. The van der Waals surface area contributed by atoms with Gasteiger partial charge in [-0.2, -0.15) is 0 Å². The van der Waals surface area contributed by atoms with Crippen LogP contribution in [0.2, 0.25) is 0 Å². The van der Waals surface area contributed by atoms with E-state index in [1.165, 1.54) is 25.5 Å². The molecule has 0 aliphatic rings. The van der Waals surface area contributed by atoms with Gasteiger partial charge in [-0.05, 0) is 64.8 Å². The molecule has 1 aromatic rings. The molecular weight excluding hydrogens is 462 g/mol. The van der Waals surface area contributed by atoms with Gasteiger partial charge in [0.2, 0.25) is 12.3 Å². The molecule has 0 unspecified atom stereocenters. The number of hydrogen-bond acceptors (Lipinski definition) is 5. The maximum Gasteiger partial charge on any atom is 0.235 e. The lowest BCUT2D eigenvalue weighted by Gasteiger charge is -2.08. The van der Waals surface area contributed by atoms with Crippen LogP contribution < -0.4 is 11.5 Å². The molecule has 0 aliphatic heterocycles. The van der Waals surface area contributed by atoms with Crippen LogP contribution in [0.5, 0.6) is 0 Å². The molecule has 0 saturated carbocycles. The van der Waals surface area contributed by atoms with Crippen LogP contribution in [0.4, 0.5) is 8.78 Å². The maximum absolute atomic E-state index is 10.9. The molecule has 0 aliphatic carbocycles. The summed E-state index contributed by atoms with van der Waals surface area (Å²) < 4.78 is 22.6. The van der Waals surface area contributed by atoms with Crippen molar-refractivity contribution < 1.29 is 13.6 Å². The molecule has 1 amide bonds. The molecule has 36 heavy (non-hydrogen) atoms. The molecule has 0 aromatic carbocycles. The van der Waals surface area contributed by atoms with E-state index in [0.717, 1.165) is 41.7 Å². The molecule has 0 saturated heterocycles. The highest BCUT2D eigenvalue weighted by molar-refractivity contribution is 5.96. The van der Waals surface area contributed by atoms with Crippen LogP contribution in [0.3, 0.4) is 0 Å². The minimum absolute atomic E-state index is 0.142. The number of imidazole rings is 1. The first-order valence-electron chi connectivity index (χ1n) is 11.6. The summed E-state index contributed by atoms with van der Waals surface area (Å²) in [5.74, 6) is 0.337. The fourth-order valence-corrected chi connectivity index (χ4v) is 2.80. The lowest BCUT2D eigenvalue weighted by Crippen LogP contribution is -2.08. The molecule has 0 spiro atoms. The van der Waals surface area contributed by atoms with E-state index in [4.69, 9.17) is 22.3 Å². The van der Waals surface area contributed by atoms with Gasteiger partial charge in [-0.15, -0.1) is 12.8 Å². The third kappa shape index (κ3) is 18.0. The Kier molecular flexibility index (Phi) is 22.8. The van der Waals surface area contributed by atoms with Gasteiger partial charge in [0.15, 0.2) is 0 Å². The summed E-state index contributed by atoms with van der Waals surface area (Å²) in [7, 11) is 1.89. The summed E-state index contributed by atoms with van der Waals surface area (Å²) in [6.45, 7) is 11.2. The number of unbranched alkanes of at least 4 members (excludes halogenated alkanes) is 2. The van der Waals surface area contributed by atoms with Crippen molar-refractivity contribution in [2.24, 2.45) is 18.5 Å². The van der Waals surface area contributed by atoms with Crippen molar-refractivity contribution in [3.8, 4) is 12.8 Å². The zero-order valence-electron chi connectivity index (χ0n) is 22.8. The summed E-state index contributed by atoms with van der Waals surface area (Å²) in [6, 6.07) is 0. The van der Waals surface area contributed by atoms with Crippen LogP contribution >= 0.6 is 0 Å². The van der Waals surface area contributed by atoms with Gasteiger partial charge in [-0.3, -0.25) is 4.79 Å². The number of alkyl halides is 2. The predicted molar refractivity (Wildman–Crippen MR) is 149 cm³/mol. The summed E-state index contributed by atoms with van der Waals surface area (Å²) >= 11 is 0. The fraction of sp³-hybridized carbons (Fsp3) is 0.481. The molecule has 0 atom stereocenters. The van der Waals surface area contributed by atoms with Gasteiger partial charge in [-0.1, -0.05) is 25.8 Å². The van der Waals surface area contributed by atoms with Crippen LogP contribution in [-0.2, 0) is 11.8 Å². The van der Waals surface area contributed by atoms with Gasteiger partial charge in [-0.25, -0.2) is 13.8 Å². The fourth-order valence-electron chi connectivity index (χ4n) is 2.80. The Balaban J connectivity index is -0.000000756. The second-order valence-corrected chi connectivity index (χ2v) is 7.83. The van der Waals surface area contributed by atoms with Crippen molar-refractivity contribution >= 4 is 29.0 Å². The van der Waals surface area contributed by atoms with E-state index in [-0.39, 0.29) is 6.42 Å². The normalized spacial score (nSPS) is 11.6. The SMILES string of the molecule is C#C.CC(=N)/C=C(\C)c1cn(C)c(/C(C)=C(C=N)/C(C)=C\CC(N)=O)n1.CC(F)F.CCCCCN. The molecule has 0 fully saturated rings. The number of aryl methyl sites for hydroxylation is 1. The highest BCUT2D eigenvalue weighted by Crippen LogP contribution is 2.23. The Morgan fingerprint density at radius 3 is 2.11 bits per heavy atom. The smallest absolute Gasteiger partial charge is 0.235 e. The van der Waals surface area contributed by atoms with Gasteiger partial charge in [0.1, 0.15) is 5.82 Å². The number of nitrogens with one attached hydrogen (secondary N) is 2. The lowest BCUT2D eigenvalue weighted by atomic mass is 10.0. The number of rotatable bonds is 10. The number of primary amides is 1. The number of hydrogen-bond donors (Lipinski definition) is 4. The van der Waals surface area contributed by atoms with Crippen LogP contribution in [0.1, 0.15) is 78.7 Å². The molecule has 0 radical (unpaired) electrons. The topological polar surface area (TPSA) is 135 Å². The molecule has 1 aromatic heterocycles. The van der Waals surface area contributed by atoms with Crippen LogP contribution in [0.15, 0.2) is 29.5 Å². The number of halogens is 2. The molecule has 1 heterocycles. The Morgan fingerprint density at radius 2 is 1.75 bits per heavy atom. The molecular formula is C27H44F2N6O. The number of carbonyl (C=O) groups excluding carboxylic acids is 1. The summed E-state index contributed by atoms with van der Waals surface area (Å²) in [6.07, 6.45) is 16.4. The third-order valence-corrected chi connectivity index (χ3v) is 4.44. The maximum atomic E-state index is 10.9. The van der Waals surface area contributed by atoms with Crippen molar-refractivity contribution in [2.75, 3.05) is 6.54 Å². The van der Waals surface area contributed by atoms with E-state index < -0.39 is 12.3 Å². The number of allylic oxidation sites excluding steroid dienone is 5. The Morgan fingerprint density at radius 1 is 1.22 bits per heavy atom. The standard InChI is InChI=1S/C18H25N5O.C5H13N.C2H4F2.C2H2/c1-11(6-7-17(21)24)15(9-19)14(4)18-22-16(10-23(18)5)12(2)8-13(3)20;1-2-3-4-5-6;1-2(3)4;1-2/h6,8-10,19-20H,7H2,1-5H3,(H2,21,24);2-6H2,1H3;2H,1H3;1-2H/b11-6-,12-8+,15-14+,19-9?,20-13?;;;. The van der Waals surface area contributed by atoms with Crippen LogP contribution in [0.25, 0.3) is 11.1 Å². The number of nitrogens with two attached hydrogens (primary N) is 2. The molecule has 1 rings (SSSR count). The van der Waals surface area contributed by atoms with Gasteiger partial charge >= 0.3 is 0 Å². The third-order valence-electron chi connectivity index (χ3n) is 4.44. The van der Waals surface area contributed by atoms with Crippen molar-refractivity contribution in [3.05, 3.63) is 41.0 Å². The van der Waals surface area contributed by atoms with E-state index in [2.05, 4.69) is 24.8 Å². The summed E-state index contributed by atoms with van der Waals surface area (Å²) in [5, 5.41) is 15.3. The first-order chi connectivity index (χ1) is 16.8. The van der Waals surface area contributed by atoms with Gasteiger partial charge in [0.25, 0.3) is 0 Å². The zero-order chi connectivity index (χ0) is 28.8.